The number of likely N-dealkylation sites (N-methyl/N-ethyl adjacent to an activating group) is 1. The van der Waals surface area contributed by atoms with Crippen LogP contribution >= 0.6 is 0 Å². The van der Waals surface area contributed by atoms with Crippen LogP contribution in [0, 0.1) is 5.92 Å². The Morgan fingerprint density at radius 1 is 1.24 bits per heavy atom. The molecule has 0 amide bonds. The fourth-order valence-corrected chi connectivity index (χ4v) is 5.27. The highest BCUT2D eigenvalue weighted by atomic mass is 32.2. The lowest BCUT2D eigenvalue weighted by atomic mass is 9.97. The molecule has 21 heavy (non-hydrogen) atoms. The molecule has 0 radical (unpaired) electrons. The average molecular weight is 319 g/mol. The third-order valence-electron chi connectivity index (χ3n) is 4.79. The van der Waals surface area contributed by atoms with Crippen LogP contribution < -0.4 is 5.32 Å². The van der Waals surface area contributed by atoms with Crippen LogP contribution in [-0.2, 0) is 14.9 Å². The van der Waals surface area contributed by atoms with E-state index in [0.717, 1.165) is 32.2 Å². The Morgan fingerprint density at radius 2 is 2.00 bits per heavy atom. The summed E-state index contributed by atoms with van der Waals surface area (Å²) in [6.45, 7) is 4.56. The normalized spacial score (nSPS) is 33.2. The number of piperidine rings is 2. The van der Waals surface area contributed by atoms with E-state index in [4.69, 9.17) is 4.74 Å². The number of hydrogen-bond acceptors (Lipinski definition) is 4. The molecule has 2 aliphatic rings. The van der Waals surface area contributed by atoms with E-state index in [2.05, 4.69) is 12.2 Å². The largest absolute Gasteiger partial charge is 0.380 e. The molecule has 3 unspecified atom stereocenters. The minimum atomic E-state index is -3.38. The molecule has 0 aliphatic carbocycles. The summed E-state index contributed by atoms with van der Waals surface area (Å²) < 4.78 is 34.7. The third-order valence-corrected chi connectivity index (χ3v) is 6.85. The number of nitrogens with one attached hydrogen (secondary N) is 1. The summed E-state index contributed by atoms with van der Waals surface area (Å²) in [6, 6.07) is 0.0779. The van der Waals surface area contributed by atoms with Crippen LogP contribution in [-0.4, -0.2) is 69.5 Å². The molecule has 2 aliphatic heterocycles. The molecular formula is C14H29N3O3S. The lowest BCUT2D eigenvalue weighted by Gasteiger charge is -2.41. The highest BCUT2D eigenvalue weighted by Crippen LogP contribution is 2.27. The molecular weight excluding hydrogens is 290 g/mol. The number of rotatable bonds is 5. The minimum absolute atomic E-state index is 0.000987. The molecule has 3 atom stereocenters. The van der Waals surface area contributed by atoms with Crippen molar-refractivity contribution in [3.05, 3.63) is 0 Å². The van der Waals surface area contributed by atoms with Gasteiger partial charge >= 0.3 is 0 Å². The summed E-state index contributed by atoms with van der Waals surface area (Å²) >= 11 is 0. The van der Waals surface area contributed by atoms with Gasteiger partial charge in [0.25, 0.3) is 10.2 Å². The van der Waals surface area contributed by atoms with Gasteiger partial charge in [0.15, 0.2) is 0 Å². The first kappa shape index (κ1) is 17.1. The standard InChI is InChI=1S/C14H29N3O3S/c1-12-7-9-16(11-14(12)20-3)21(18,19)17-8-5-4-6-13(17)10-15-2/h12-15H,4-11H2,1-3H3. The smallest absolute Gasteiger partial charge is 0.282 e. The predicted octanol–water partition coefficient (Wildman–Crippen LogP) is 0.662. The zero-order chi connectivity index (χ0) is 15.5. The molecule has 124 valence electrons. The fourth-order valence-electron chi connectivity index (χ4n) is 3.39. The van der Waals surface area contributed by atoms with Crippen molar-refractivity contribution in [2.75, 3.05) is 40.3 Å². The fraction of sp³-hybridized carbons (Fsp3) is 1.00. The van der Waals surface area contributed by atoms with E-state index in [1.807, 2.05) is 7.05 Å². The minimum Gasteiger partial charge on any atom is -0.380 e. The van der Waals surface area contributed by atoms with E-state index >= 15 is 0 Å². The van der Waals surface area contributed by atoms with E-state index in [-0.39, 0.29) is 12.1 Å². The summed E-state index contributed by atoms with van der Waals surface area (Å²) in [5.41, 5.74) is 0. The van der Waals surface area contributed by atoms with Crippen LogP contribution in [0.2, 0.25) is 0 Å². The number of hydrogen-bond donors (Lipinski definition) is 1. The van der Waals surface area contributed by atoms with Crippen LogP contribution in [0.3, 0.4) is 0 Å². The van der Waals surface area contributed by atoms with E-state index in [0.29, 0.717) is 25.6 Å². The van der Waals surface area contributed by atoms with Gasteiger partial charge in [0.05, 0.1) is 6.10 Å². The van der Waals surface area contributed by atoms with Crippen molar-refractivity contribution in [2.24, 2.45) is 5.92 Å². The maximum atomic E-state index is 13.0. The summed E-state index contributed by atoms with van der Waals surface area (Å²) in [5.74, 6) is 0.413. The van der Waals surface area contributed by atoms with Crippen LogP contribution in [0.15, 0.2) is 0 Å². The molecule has 1 N–H and O–H groups in total. The van der Waals surface area contributed by atoms with Crippen molar-refractivity contribution in [2.45, 2.75) is 44.8 Å². The lowest BCUT2D eigenvalue weighted by Crippen LogP contribution is -2.56. The van der Waals surface area contributed by atoms with Gasteiger partial charge in [-0.3, -0.25) is 0 Å². The van der Waals surface area contributed by atoms with Crippen molar-refractivity contribution < 1.29 is 13.2 Å². The monoisotopic (exact) mass is 319 g/mol. The molecule has 7 heteroatoms. The van der Waals surface area contributed by atoms with Gasteiger partial charge in [0, 0.05) is 39.3 Å². The van der Waals surface area contributed by atoms with Gasteiger partial charge < -0.3 is 10.1 Å². The Balaban J connectivity index is 2.12. The molecule has 0 aromatic rings. The quantitative estimate of drug-likeness (QED) is 0.809. The molecule has 2 heterocycles. The summed E-state index contributed by atoms with van der Waals surface area (Å²) in [4.78, 5) is 0. The van der Waals surface area contributed by atoms with Crippen LogP contribution in [0.5, 0.6) is 0 Å². The highest BCUT2D eigenvalue weighted by Gasteiger charge is 2.39. The lowest BCUT2D eigenvalue weighted by molar-refractivity contribution is 0.0161. The van der Waals surface area contributed by atoms with Gasteiger partial charge in [-0.25, -0.2) is 0 Å². The Morgan fingerprint density at radius 3 is 2.67 bits per heavy atom. The molecule has 2 saturated heterocycles. The third kappa shape index (κ3) is 3.76. The second-order valence-corrected chi connectivity index (χ2v) is 8.10. The van der Waals surface area contributed by atoms with Crippen molar-refractivity contribution in [1.29, 1.82) is 0 Å². The summed E-state index contributed by atoms with van der Waals surface area (Å²) in [5, 5.41) is 3.12. The van der Waals surface area contributed by atoms with Crippen molar-refractivity contribution in [1.82, 2.24) is 13.9 Å². The molecule has 0 bridgehead atoms. The molecule has 0 saturated carbocycles. The van der Waals surface area contributed by atoms with Crippen molar-refractivity contribution in [3.63, 3.8) is 0 Å². The Hall–Kier alpha value is -0.210. The summed E-state index contributed by atoms with van der Waals surface area (Å²) in [6.07, 6.45) is 3.87. The zero-order valence-electron chi connectivity index (χ0n) is 13.4. The van der Waals surface area contributed by atoms with Crippen molar-refractivity contribution >= 4 is 10.2 Å². The van der Waals surface area contributed by atoms with Gasteiger partial charge in [0.1, 0.15) is 0 Å². The van der Waals surface area contributed by atoms with E-state index in [1.165, 1.54) is 0 Å². The first-order chi connectivity index (χ1) is 10.0. The first-order valence-corrected chi connectivity index (χ1v) is 9.34. The zero-order valence-corrected chi connectivity index (χ0v) is 14.2. The first-order valence-electron chi connectivity index (χ1n) is 7.95. The topological polar surface area (TPSA) is 61.9 Å². The molecule has 0 spiro atoms. The molecule has 0 aromatic heterocycles. The van der Waals surface area contributed by atoms with Crippen LogP contribution in [0.4, 0.5) is 0 Å². The maximum absolute atomic E-state index is 13.0. The van der Waals surface area contributed by atoms with Crippen LogP contribution in [0.25, 0.3) is 0 Å². The van der Waals surface area contributed by atoms with Crippen molar-refractivity contribution in [3.8, 4) is 0 Å². The molecule has 2 fully saturated rings. The van der Waals surface area contributed by atoms with Gasteiger partial charge in [-0.05, 0) is 32.2 Å². The molecule has 2 rings (SSSR count). The van der Waals surface area contributed by atoms with E-state index in [9.17, 15) is 8.42 Å². The molecule has 0 aromatic carbocycles. The molecule has 6 nitrogen and oxygen atoms in total. The Labute approximate surface area is 129 Å². The second-order valence-electron chi connectivity index (χ2n) is 6.22. The van der Waals surface area contributed by atoms with Gasteiger partial charge in [-0.15, -0.1) is 0 Å². The number of nitrogens with zero attached hydrogens (tertiary/aromatic N) is 2. The highest BCUT2D eigenvalue weighted by molar-refractivity contribution is 7.86. The van der Waals surface area contributed by atoms with Crippen LogP contribution in [0.1, 0.15) is 32.6 Å². The number of ether oxygens (including phenoxy) is 1. The summed E-state index contributed by atoms with van der Waals surface area (Å²) in [7, 11) is 0.170. The van der Waals surface area contributed by atoms with E-state index < -0.39 is 10.2 Å². The van der Waals surface area contributed by atoms with Gasteiger partial charge in [-0.2, -0.15) is 17.0 Å². The number of methoxy groups -OCH3 is 1. The van der Waals surface area contributed by atoms with E-state index in [1.54, 1.807) is 15.7 Å². The predicted molar refractivity (Wildman–Crippen MR) is 83.3 cm³/mol. The SMILES string of the molecule is CNCC1CCCCN1S(=O)(=O)N1CCC(C)C(OC)C1. The Bertz CT molecular complexity index is 427. The second kappa shape index (κ2) is 7.37. The average Bonchev–Trinajstić information content (AvgIpc) is 2.48. The van der Waals surface area contributed by atoms with Gasteiger partial charge in [0.2, 0.25) is 0 Å². The maximum Gasteiger partial charge on any atom is 0.282 e. The Kier molecular flexibility index (Phi) is 6.02. The van der Waals surface area contributed by atoms with Gasteiger partial charge in [-0.1, -0.05) is 13.3 Å².